The van der Waals surface area contributed by atoms with Gasteiger partial charge in [0, 0.05) is 0 Å². The monoisotopic (exact) mass is 272 g/mol. The molecule has 0 radical (unpaired) electrons. The Morgan fingerprint density at radius 3 is 1.60 bits per heavy atom. The van der Waals surface area contributed by atoms with Crippen molar-refractivity contribution in [1.82, 2.24) is 0 Å². The highest BCUT2D eigenvalue weighted by atomic mass is 15.0. The van der Waals surface area contributed by atoms with Gasteiger partial charge in [-0.05, 0) is 69.0 Å². The highest BCUT2D eigenvalue weighted by Crippen LogP contribution is 3.02. The molecule has 5 aliphatic carbocycles. The summed E-state index contributed by atoms with van der Waals surface area (Å²) in [6.45, 7) is 21.4. The van der Waals surface area contributed by atoms with Crippen molar-refractivity contribution in [1.29, 1.82) is 0 Å². The van der Waals surface area contributed by atoms with Gasteiger partial charge in [0.25, 0.3) is 0 Å². The fraction of sp³-hybridized carbons (Fsp3) is 1.00. The molecular weight excluding hydrogens is 240 g/mol. The highest BCUT2D eigenvalue weighted by molar-refractivity contribution is 5.45. The molecule has 1 spiro atoms. The Kier molecular flexibility index (Phi) is 1.61. The quantitative estimate of drug-likeness (QED) is 0.566. The molecule has 5 aliphatic rings. The maximum Gasteiger partial charge on any atom is -0.0171 e. The zero-order valence-corrected chi connectivity index (χ0v) is 14.7. The molecule has 0 aromatic heterocycles. The van der Waals surface area contributed by atoms with Crippen LogP contribution in [0.2, 0.25) is 0 Å². The van der Waals surface area contributed by atoms with Crippen molar-refractivity contribution in [2.45, 2.75) is 61.8 Å². The molecule has 0 heterocycles. The molecule has 20 heavy (non-hydrogen) atoms. The van der Waals surface area contributed by atoms with Crippen LogP contribution in [-0.4, -0.2) is 0 Å². The van der Waals surface area contributed by atoms with Gasteiger partial charge in [0.15, 0.2) is 0 Å². The molecule has 0 heteroatoms. The summed E-state index contributed by atoms with van der Waals surface area (Å²) in [7, 11) is 0. The summed E-state index contributed by atoms with van der Waals surface area (Å²) in [5, 5.41) is 0. The molecule has 11 atom stereocenters. The molecule has 0 amide bonds. The summed E-state index contributed by atoms with van der Waals surface area (Å²) in [4.78, 5) is 0. The Morgan fingerprint density at radius 2 is 1.10 bits per heavy atom. The maximum atomic E-state index is 2.71. The van der Waals surface area contributed by atoms with E-state index < -0.39 is 0 Å². The molecule has 11 unspecified atom stereocenters. The average Bonchev–Trinajstić information content (AvgIpc) is 2.41. The first-order chi connectivity index (χ1) is 9.09. The van der Waals surface area contributed by atoms with Gasteiger partial charge in [-0.2, -0.15) is 0 Å². The Balaban J connectivity index is 1.94. The van der Waals surface area contributed by atoms with E-state index in [4.69, 9.17) is 0 Å². The van der Waals surface area contributed by atoms with Gasteiger partial charge in [0.1, 0.15) is 0 Å². The highest BCUT2D eigenvalue weighted by Gasteiger charge is 2.98. The smallest absolute Gasteiger partial charge is 0.0171 e. The van der Waals surface area contributed by atoms with Gasteiger partial charge in [-0.15, -0.1) is 0 Å². The van der Waals surface area contributed by atoms with E-state index in [9.17, 15) is 0 Å². The van der Waals surface area contributed by atoms with Gasteiger partial charge in [-0.3, -0.25) is 0 Å². The predicted molar refractivity (Wildman–Crippen MR) is 83.1 cm³/mol. The Morgan fingerprint density at radius 1 is 0.650 bits per heavy atom. The van der Waals surface area contributed by atoms with E-state index in [0.29, 0.717) is 27.1 Å². The van der Waals surface area contributed by atoms with Crippen LogP contribution in [0.3, 0.4) is 0 Å². The standard InChI is InChI=1S/C20H32/c1-10-14-9-20-12(3)18(7)16(10,5)17(6,11(2)15(14)20)19(18,8)13(20)4/h10-15H,9H2,1-8H3. The molecule has 4 bridgehead atoms. The van der Waals surface area contributed by atoms with Crippen molar-refractivity contribution in [2.24, 2.45) is 62.6 Å². The van der Waals surface area contributed by atoms with Crippen LogP contribution in [0, 0.1) is 62.6 Å². The van der Waals surface area contributed by atoms with Crippen LogP contribution in [0.4, 0.5) is 0 Å². The van der Waals surface area contributed by atoms with Crippen molar-refractivity contribution in [3.05, 3.63) is 0 Å². The molecule has 0 saturated heterocycles. The lowest BCUT2D eigenvalue weighted by Gasteiger charge is -2.89. The molecule has 5 fully saturated rings. The number of hydrogen-bond acceptors (Lipinski definition) is 0. The van der Waals surface area contributed by atoms with E-state index >= 15 is 0 Å². The Bertz CT molecular complexity index is 534. The minimum absolute atomic E-state index is 0.567. The maximum absolute atomic E-state index is 2.71. The second-order valence-electron chi connectivity index (χ2n) is 10.3. The van der Waals surface area contributed by atoms with Crippen LogP contribution in [0.25, 0.3) is 0 Å². The van der Waals surface area contributed by atoms with Crippen molar-refractivity contribution >= 4 is 0 Å². The molecule has 5 rings (SSSR count). The molecule has 0 aliphatic heterocycles. The second-order valence-corrected chi connectivity index (χ2v) is 10.3. The normalized spacial score (nSPS) is 82.8. The van der Waals surface area contributed by atoms with Gasteiger partial charge < -0.3 is 0 Å². The minimum Gasteiger partial charge on any atom is -0.0617 e. The van der Waals surface area contributed by atoms with E-state index in [-0.39, 0.29) is 0 Å². The van der Waals surface area contributed by atoms with Crippen LogP contribution < -0.4 is 0 Å². The molecule has 0 nitrogen and oxygen atoms in total. The van der Waals surface area contributed by atoms with E-state index in [1.807, 2.05) is 0 Å². The van der Waals surface area contributed by atoms with Gasteiger partial charge in [-0.1, -0.05) is 55.4 Å². The SMILES string of the molecule is CC1C2CC34C2C(C)C2(C)C1(C)C(C)(C3C)C2(C)C4C. The fourth-order valence-corrected chi connectivity index (χ4v) is 11.2. The van der Waals surface area contributed by atoms with Crippen molar-refractivity contribution in [3.8, 4) is 0 Å². The van der Waals surface area contributed by atoms with E-state index in [1.165, 1.54) is 0 Å². The van der Waals surface area contributed by atoms with Gasteiger partial charge in [0.05, 0.1) is 0 Å². The van der Waals surface area contributed by atoms with Gasteiger partial charge in [-0.25, -0.2) is 0 Å². The topological polar surface area (TPSA) is 0 Å². The summed E-state index contributed by atoms with van der Waals surface area (Å²) in [5.41, 5.74) is 2.99. The van der Waals surface area contributed by atoms with E-state index in [0.717, 1.165) is 35.5 Å². The summed E-state index contributed by atoms with van der Waals surface area (Å²) < 4.78 is 0. The van der Waals surface area contributed by atoms with Crippen LogP contribution >= 0.6 is 0 Å². The summed E-state index contributed by atoms with van der Waals surface area (Å²) >= 11 is 0. The lowest BCUT2D eigenvalue weighted by Crippen LogP contribution is -2.85. The molecule has 112 valence electrons. The first-order valence-corrected chi connectivity index (χ1v) is 9.09. The lowest BCUT2D eigenvalue weighted by atomic mass is 9.15. The molecule has 0 aromatic carbocycles. The zero-order chi connectivity index (χ0) is 14.7. The molecule has 5 saturated carbocycles. The Labute approximate surface area is 125 Å². The van der Waals surface area contributed by atoms with E-state index in [2.05, 4.69) is 55.4 Å². The zero-order valence-electron chi connectivity index (χ0n) is 14.7. The van der Waals surface area contributed by atoms with E-state index in [1.54, 1.807) is 6.42 Å². The second kappa shape index (κ2) is 2.56. The number of fused-ring (bicyclic) bond motifs is 1. The first kappa shape index (κ1) is 12.5. The van der Waals surface area contributed by atoms with Crippen LogP contribution in [0.5, 0.6) is 0 Å². The van der Waals surface area contributed by atoms with Crippen LogP contribution in [0.1, 0.15) is 61.8 Å². The number of hydrogen-bond donors (Lipinski definition) is 0. The molecule has 0 N–H and O–H groups in total. The summed E-state index contributed by atoms with van der Waals surface area (Å²) in [6.07, 6.45) is 1.56. The Hall–Kier alpha value is 0. The number of rotatable bonds is 0. The van der Waals surface area contributed by atoms with Gasteiger partial charge >= 0.3 is 0 Å². The summed E-state index contributed by atoms with van der Waals surface area (Å²) in [5.74, 6) is 5.85. The molecular formula is C20H32. The third-order valence-electron chi connectivity index (χ3n) is 12.3. The van der Waals surface area contributed by atoms with Crippen LogP contribution in [0.15, 0.2) is 0 Å². The third kappa shape index (κ3) is 0.576. The van der Waals surface area contributed by atoms with Crippen LogP contribution in [-0.2, 0) is 0 Å². The predicted octanol–water partition coefficient (Wildman–Crippen LogP) is 5.23. The molecule has 0 aromatic rings. The van der Waals surface area contributed by atoms with Crippen molar-refractivity contribution in [2.75, 3.05) is 0 Å². The largest absolute Gasteiger partial charge is 0.0617 e. The average molecular weight is 272 g/mol. The minimum atomic E-state index is 0.567. The third-order valence-corrected chi connectivity index (χ3v) is 12.3. The lowest BCUT2D eigenvalue weighted by molar-refractivity contribution is -0.421. The first-order valence-electron chi connectivity index (χ1n) is 9.09. The fourth-order valence-electron chi connectivity index (χ4n) is 11.2. The van der Waals surface area contributed by atoms with Crippen molar-refractivity contribution in [3.63, 3.8) is 0 Å². The summed E-state index contributed by atoms with van der Waals surface area (Å²) in [6, 6.07) is 0. The van der Waals surface area contributed by atoms with Gasteiger partial charge in [0.2, 0.25) is 0 Å². The van der Waals surface area contributed by atoms with Crippen molar-refractivity contribution < 1.29 is 0 Å².